The number of nitrogens with zero attached hydrogens (tertiary/aromatic N) is 1. The number of benzene rings is 1. The number of hydrogen-bond donors (Lipinski definition) is 4. The van der Waals surface area contributed by atoms with Crippen molar-refractivity contribution in [1.82, 2.24) is 4.90 Å². The fourth-order valence-corrected chi connectivity index (χ4v) is 2.43. The molecule has 0 heterocycles. The highest BCUT2D eigenvalue weighted by atomic mass is 31.2. The van der Waals surface area contributed by atoms with Crippen LogP contribution in [-0.4, -0.2) is 52.4 Å². The molecule has 1 aromatic carbocycles. The van der Waals surface area contributed by atoms with Crippen molar-refractivity contribution in [2.75, 3.05) is 27.7 Å². The largest absolute Gasteiger partial charge is 0.497 e. The molecule has 0 radical (unpaired) electrons. The van der Waals surface area contributed by atoms with Crippen molar-refractivity contribution in [3.8, 4) is 5.75 Å². The summed E-state index contributed by atoms with van der Waals surface area (Å²) in [6.07, 6.45) is 0.690. The van der Waals surface area contributed by atoms with E-state index in [1.54, 1.807) is 7.11 Å². The van der Waals surface area contributed by atoms with Gasteiger partial charge in [0.2, 0.25) is 0 Å². The van der Waals surface area contributed by atoms with Gasteiger partial charge in [0.1, 0.15) is 5.75 Å². The molecule has 7 nitrogen and oxygen atoms in total. The van der Waals surface area contributed by atoms with Crippen molar-refractivity contribution in [3.05, 3.63) is 29.8 Å². The standard InChI is InChI=1S/C15H25NO2.H3O4P/c1-6-15(17,12(2)11-16(3)4)13-8-7-9-14(10-13)18-5;1-5(2,3)4/h7-10,12,17H,6,11H2,1-5H3;(H3,1,2,3,4)/t12-,15-;/m0./s1. The smallest absolute Gasteiger partial charge is 0.466 e. The molecular formula is C15H28NO6P. The Balaban J connectivity index is 0.000000841. The zero-order valence-electron chi connectivity index (χ0n) is 14.3. The third kappa shape index (κ3) is 8.46. The first-order valence-electron chi connectivity index (χ1n) is 7.24. The summed E-state index contributed by atoms with van der Waals surface area (Å²) >= 11 is 0. The van der Waals surface area contributed by atoms with E-state index in [9.17, 15) is 5.11 Å². The van der Waals surface area contributed by atoms with Crippen LogP contribution in [0.25, 0.3) is 0 Å². The molecule has 0 bridgehead atoms. The van der Waals surface area contributed by atoms with E-state index in [1.807, 2.05) is 45.3 Å². The summed E-state index contributed by atoms with van der Waals surface area (Å²) in [5, 5.41) is 10.9. The van der Waals surface area contributed by atoms with E-state index in [2.05, 4.69) is 11.8 Å². The van der Waals surface area contributed by atoms with Crippen LogP contribution in [0, 0.1) is 5.92 Å². The molecule has 134 valence electrons. The Morgan fingerprint density at radius 1 is 1.30 bits per heavy atom. The van der Waals surface area contributed by atoms with Gasteiger partial charge in [0.15, 0.2) is 0 Å². The van der Waals surface area contributed by atoms with Gasteiger partial charge in [-0.05, 0) is 38.2 Å². The second kappa shape index (κ2) is 9.37. The molecule has 0 aliphatic heterocycles. The van der Waals surface area contributed by atoms with Crippen LogP contribution >= 0.6 is 7.82 Å². The molecule has 0 aromatic heterocycles. The van der Waals surface area contributed by atoms with Crippen molar-refractivity contribution < 1.29 is 29.1 Å². The van der Waals surface area contributed by atoms with E-state index < -0.39 is 13.4 Å². The van der Waals surface area contributed by atoms with Crippen LogP contribution in [0.15, 0.2) is 24.3 Å². The van der Waals surface area contributed by atoms with E-state index in [4.69, 9.17) is 24.0 Å². The van der Waals surface area contributed by atoms with Gasteiger partial charge in [-0.3, -0.25) is 0 Å². The van der Waals surface area contributed by atoms with Crippen LogP contribution in [0.4, 0.5) is 0 Å². The van der Waals surface area contributed by atoms with Gasteiger partial charge in [0, 0.05) is 12.5 Å². The molecule has 0 amide bonds. The maximum atomic E-state index is 10.9. The Morgan fingerprint density at radius 3 is 2.22 bits per heavy atom. The lowest BCUT2D eigenvalue weighted by atomic mass is 9.80. The Kier molecular flexibility index (Phi) is 8.98. The van der Waals surface area contributed by atoms with Gasteiger partial charge in [-0.2, -0.15) is 0 Å². The van der Waals surface area contributed by atoms with E-state index in [-0.39, 0.29) is 5.92 Å². The fourth-order valence-electron chi connectivity index (χ4n) is 2.43. The van der Waals surface area contributed by atoms with E-state index >= 15 is 0 Å². The number of rotatable bonds is 6. The van der Waals surface area contributed by atoms with Crippen LogP contribution < -0.4 is 4.74 Å². The maximum absolute atomic E-state index is 10.9. The minimum absolute atomic E-state index is 0.157. The first-order chi connectivity index (χ1) is 10.4. The maximum Gasteiger partial charge on any atom is 0.466 e. The summed E-state index contributed by atoms with van der Waals surface area (Å²) < 4.78 is 14.1. The van der Waals surface area contributed by atoms with E-state index in [0.29, 0.717) is 6.42 Å². The molecule has 0 aliphatic rings. The van der Waals surface area contributed by atoms with Crippen LogP contribution in [0.2, 0.25) is 0 Å². The first-order valence-corrected chi connectivity index (χ1v) is 8.80. The SMILES string of the molecule is CC[C@@](O)(c1cccc(OC)c1)[C@@H](C)CN(C)C.O=P(O)(O)O. The second-order valence-electron chi connectivity index (χ2n) is 5.69. The second-order valence-corrected chi connectivity index (χ2v) is 6.71. The molecular weight excluding hydrogens is 321 g/mol. The van der Waals surface area contributed by atoms with E-state index in [0.717, 1.165) is 17.9 Å². The zero-order valence-corrected chi connectivity index (χ0v) is 15.2. The minimum Gasteiger partial charge on any atom is -0.497 e. The van der Waals surface area contributed by atoms with Gasteiger partial charge in [-0.1, -0.05) is 26.0 Å². The van der Waals surface area contributed by atoms with Gasteiger partial charge in [-0.15, -0.1) is 0 Å². The molecule has 2 atom stereocenters. The minimum atomic E-state index is -4.64. The molecule has 0 saturated carbocycles. The molecule has 1 rings (SSSR count). The van der Waals surface area contributed by atoms with Crippen LogP contribution in [0.1, 0.15) is 25.8 Å². The third-order valence-corrected chi connectivity index (χ3v) is 3.56. The number of methoxy groups -OCH3 is 1. The summed E-state index contributed by atoms with van der Waals surface area (Å²) in [5.74, 6) is 0.945. The molecule has 0 spiro atoms. The average molecular weight is 349 g/mol. The average Bonchev–Trinajstić information content (AvgIpc) is 2.43. The highest BCUT2D eigenvalue weighted by Gasteiger charge is 2.34. The van der Waals surface area contributed by atoms with Gasteiger partial charge in [-0.25, -0.2) is 4.57 Å². The predicted octanol–water partition coefficient (Wildman–Crippen LogP) is 1.56. The Hall–Kier alpha value is -0.950. The highest BCUT2D eigenvalue weighted by Crippen LogP contribution is 2.34. The lowest BCUT2D eigenvalue weighted by molar-refractivity contribution is -0.0293. The highest BCUT2D eigenvalue weighted by molar-refractivity contribution is 7.45. The molecule has 23 heavy (non-hydrogen) atoms. The Labute approximate surface area is 137 Å². The summed E-state index contributed by atoms with van der Waals surface area (Å²) in [4.78, 5) is 23.7. The molecule has 0 aliphatic carbocycles. The summed E-state index contributed by atoms with van der Waals surface area (Å²) in [6.45, 7) is 4.95. The summed E-state index contributed by atoms with van der Waals surface area (Å²) in [7, 11) is 1.06. The number of phosphoric acid groups is 1. The van der Waals surface area contributed by atoms with Gasteiger partial charge >= 0.3 is 7.82 Å². The normalized spacial score (nSPS) is 15.4. The monoisotopic (exact) mass is 349 g/mol. The first kappa shape index (κ1) is 22.1. The fraction of sp³-hybridized carbons (Fsp3) is 0.600. The van der Waals surface area contributed by atoms with Crippen molar-refractivity contribution in [2.45, 2.75) is 25.9 Å². The topological polar surface area (TPSA) is 110 Å². The quantitative estimate of drug-likeness (QED) is 0.577. The Morgan fingerprint density at radius 2 is 1.83 bits per heavy atom. The van der Waals surface area contributed by atoms with Crippen molar-refractivity contribution in [2.24, 2.45) is 5.92 Å². The zero-order chi connectivity index (χ0) is 18.3. The van der Waals surface area contributed by atoms with Gasteiger partial charge in [0.05, 0.1) is 12.7 Å². The molecule has 0 unspecified atom stereocenters. The van der Waals surface area contributed by atoms with Gasteiger partial charge < -0.3 is 29.4 Å². The number of hydrogen-bond acceptors (Lipinski definition) is 4. The molecule has 1 aromatic rings. The third-order valence-electron chi connectivity index (χ3n) is 3.56. The lowest BCUT2D eigenvalue weighted by Crippen LogP contribution is -2.38. The van der Waals surface area contributed by atoms with Crippen LogP contribution in [0.3, 0.4) is 0 Å². The number of aliphatic hydroxyl groups is 1. The van der Waals surface area contributed by atoms with Crippen molar-refractivity contribution in [3.63, 3.8) is 0 Å². The molecule has 0 fully saturated rings. The van der Waals surface area contributed by atoms with Crippen molar-refractivity contribution >= 4 is 7.82 Å². The number of ether oxygens (including phenoxy) is 1. The molecule has 4 N–H and O–H groups in total. The lowest BCUT2D eigenvalue weighted by Gasteiger charge is -2.35. The van der Waals surface area contributed by atoms with E-state index in [1.165, 1.54) is 0 Å². The van der Waals surface area contributed by atoms with Crippen LogP contribution in [-0.2, 0) is 10.2 Å². The summed E-state index contributed by atoms with van der Waals surface area (Å²) in [6, 6.07) is 7.72. The van der Waals surface area contributed by atoms with Crippen molar-refractivity contribution in [1.29, 1.82) is 0 Å². The van der Waals surface area contributed by atoms with Gasteiger partial charge in [0.25, 0.3) is 0 Å². The summed E-state index contributed by atoms with van der Waals surface area (Å²) in [5.41, 5.74) is 0.123. The predicted molar refractivity (Wildman–Crippen MR) is 89.2 cm³/mol. The molecule has 0 saturated heterocycles. The Bertz CT molecular complexity index is 510. The van der Waals surface area contributed by atoms with Crippen LogP contribution in [0.5, 0.6) is 5.75 Å². The molecule has 8 heteroatoms.